The van der Waals surface area contributed by atoms with E-state index >= 15 is 0 Å². The highest BCUT2D eigenvalue weighted by Crippen LogP contribution is 2.41. The Hall–Kier alpha value is -3.21. The highest BCUT2D eigenvalue weighted by molar-refractivity contribution is 6.03. The molecule has 5 rings (SSSR count). The molecule has 4 amide bonds. The summed E-state index contributed by atoms with van der Waals surface area (Å²) in [6, 6.07) is -0.784. The molecule has 4 atom stereocenters. The topological polar surface area (TPSA) is 161 Å². The molecular weight excluding hydrogens is 464 g/mol. The number of likely N-dealkylation sites (tertiary alicyclic amines) is 1. The van der Waals surface area contributed by atoms with Crippen LogP contribution in [0.25, 0.3) is 0 Å². The molecule has 3 unspecified atom stereocenters. The molecule has 3 fully saturated rings. The van der Waals surface area contributed by atoms with Crippen LogP contribution in [-0.4, -0.2) is 75.7 Å². The number of pyridine rings is 1. The Morgan fingerprint density at radius 3 is 2.56 bits per heavy atom. The number of aromatic nitrogens is 1. The lowest BCUT2D eigenvalue weighted by molar-refractivity contribution is -0.148. The standard InChI is InChI=1S/C25H34N6O5/c1-13-7-17-21(28-11-13)36-25(24(35)29-17)10-19(20(27)32)31(12-25)23(34)18(9-15-5-6-15)30(2)22(33)16(26)8-14-3-4-14/h7,11,14-16,18-19H,3-6,8-10,12,26H2,1-2H3,(H2,27,32)(H,29,35)/t16?,18?,19-,25?/m0/s1. The van der Waals surface area contributed by atoms with Crippen LogP contribution in [0.5, 0.6) is 5.88 Å². The first-order valence-electron chi connectivity index (χ1n) is 12.7. The van der Waals surface area contributed by atoms with Crippen molar-refractivity contribution in [2.24, 2.45) is 23.3 Å². The number of fused-ring (bicyclic) bond motifs is 1. The van der Waals surface area contributed by atoms with E-state index in [0.29, 0.717) is 30.4 Å². The molecule has 1 saturated heterocycles. The maximum Gasteiger partial charge on any atom is 0.270 e. The summed E-state index contributed by atoms with van der Waals surface area (Å²) in [4.78, 5) is 59.7. The summed E-state index contributed by atoms with van der Waals surface area (Å²) in [5.41, 5.74) is 11.7. The lowest BCUT2D eigenvalue weighted by Gasteiger charge is -2.35. The fraction of sp³-hybridized carbons (Fsp3) is 0.640. The minimum absolute atomic E-state index is 0.0933. The summed E-state index contributed by atoms with van der Waals surface area (Å²) >= 11 is 0. The SMILES string of the molecule is Cc1cnc2c(c1)NC(=O)C1(C[C@@H](C(N)=O)N(C(=O)C(CC3CC3)N(C)C(=O)C(N)CC3CC3)C1)O2. The molecule has 3 heterocycles. The van der Waals surface area contributed by atoms with E-state index in [9.17, 15) is 19.2 Å². The van der Waals surface area contributed by atoms with Crippen LogP contribution in [0.15, 0.2) is 12.3 Å². The van der Waals surface area contributed by atoms with Gasteiger partial charge in [-0.05, 0) is 43.2 Å². The van der Waals surface area contributed by atoms with Gasteiger partial charge in [0.15, 0.2) is 0 Å². The molecule has 4 aliphatic rings. The molecule has 1 aromatic heterocycles. The molecule has 0 aromatic carbocycles. The number of amides is 4. The Morgan fingerprint density at radius 2 is 1.92 bits per heavy atom. The third kappa shape index (κ3) is 4.63. The van der Waals surface area contributed by atoms with Gasteiger partial charge in [-0.1, -0.05) is 25.7 Å². The second-order valence-electron chi connectivity index (χ2n) is 10.9. The molecule has 0 bridgehead atoms. The van der Waals surface area contributed by atoms with E-state index in [1.807, 2.05) is 6.92 Å². The lowest BCUT2D eigenvalue weighted by Crippen LogP contribution is -2.57. The van der Waals surface area contributed by atoms with E-state index in [1.165, 1.54) is 9.80 Å². The number of primary amides is 1. The Kier molecular flexibility index (Phi) is 6.14. The predicted molar refractivity (Wildman–Crippen MR) is 129 cm³/mol. The number of nitrogens with one attached hydrogen (secondary N) is 1. The third-order valence-corrected chi connectivity index (χ3v) is 7.83. The Balaban J connectivity index is 1.39. The van der Waals surface area contributed by atoms with Crippen LogP contribution >= 0.6 is 0 Å². The molecule has 194 valence electrons. The molecule has 11 nitrogen and oxygen atoms in total. The van der Waals surface area contributed by atoms with E-state index in [1.54, 1.807) is 19.3 Å². The van der Waals surface area contributed by atoms with Gasteiger partial charge in [0.05, 0.1) is 12.6 Å². The van der Waals surface area contributed by atoms with Crippen molar-refractivity contribution in [3.05, 3.63) is 17.8 Å². The summed E-state index contributed by atoms with van der Waals surface area (Å²) in [5.74, 6) is -0.879. The van der Waals surface area contributed by atoms with Crippen molar-refractivity contribution in [1.82, 2.24) is 14.8 Å². The van der Waals surface area contributed by atoms with E-state index in [4.69, 9.17) is 16.2 Å². The number of carbonyl (C=O) groups is 4. The summed E-state index contributed by atoms with van der Waals surface area (Å²) in [5, 5.41) is 2.81. The zero-order valence-electron chi connectivity index (χ0n) is 20.7. The normalized spacial score (nSPS) is 26.6. The average Bonchev–Trinajstić information content (AvgIpc) is 3.77. The van der Waals surface area contributed by atoms with Gasteiger partial charge in [0.2, 0.25) is 29.2 Å². The number of anilines is 1. The van der Waals surface area contributed by atoms with Gasteiger partial charge in [0.1, 0.15) is 17.8 Å². The molecular formula is C25H34N6O5. The van der Waals surface area contributed by atoms with Crippen LogP contribution in [0.1, 0.15) is 50.5 Å². The number of hydrogen-bond donors (Lipinski definition) is 3. The van der Waals surface area contributed by atoms with Crippen LogP contribution in [0.4, 0.5) is 5.69 Å². The maximum atomic E-state index is 13.9. The van der Waals surface area contributed by atoms with E-state index in [2.05, 4.69) is 10.3 Å². The number of carbonyl (C=O) groups excluding carboxylic acids is 4. The van der Waals surface area contributed by atoms with E-state index < -0.39 is 41.4 Å². The molecule has 2 saturated carbocycles. The van der Waals surface area contributed by atoms with Gasteiger partial charge in [-0.2, -0.15) is 0 Å². The molecule has 2 aliphatic carbocycles. The number of aryl methyl sites for hydroxylation is 1. The third-order valence-electron chi connectivity index (χ3n) is 7.83. The van der Waals surface area contributed by atoms with Gasteiger partial charge in [0.25, 0.3) is 5.91 Å². The maximum absolute atomic E-state index is 13.9. The van der Waals surface area contributed by atoms with Gasteiger partial charge in [-0.25, -0.2) is 4.98 Å². The van der Waals surface area contributed by atoms with E-state index in [0.717, 1.165) is 31.2 Å². The van der Waals surface area contributed by atoms with Crippen LogP contribution < -0.4 is 21.5 Å². The Bertz CT molecular complexity index is 1100. The number of ether oxygens (including phenoxy) is 1. The van der Waals surface area contributed by atoms with Gasteiger partial charge in [-0.3, -0.25) is 19.2 Å². The summed E-state index contributed by atoms with van der Waals surface area (Å²) in [6.45, 7) is 1.68. The largest absolute Gasteiger partial charge is 0.457 e. The van der Waals surface area contributed by atoms with Gasteiger partial charge >= 0.3 is 0 Å². The fourth-order valence-corrected chi connectivity index (χ4v) is 5.31. The number of likely N-dealkylation sites (N-methyl/N-ethyl adjacent to an activating group) is 1. The zero-order valence-corrected chi connectivity index (χ0v) is 20.7. The van der Waals surface area contributed by atoms with Crippen LogP contribution in [0.2, 0.25) is 0 Å². The summed E-state index contributed by atoms with van der Waals surface area (Å²) in [6.07, 6.45) is 6.71. The number of nitrogens with zero attached hydrogens (tertiary/aromatic N) is 3. The summed E-state index contributed by atoms with van der Waals surface area (Å²) in [7, 11) is 1.59. The molecule has 5 N–H and O–H groups in total. The molecule has 11 heteroatoms. The highest BCUT2D eigenvalue weighted by atomic mass is 16.5. The predicted octanol–water partition coefficient (Wildman–Crippen LogP) is 0.300. The van der Waals surface area contributed by atoms with Gasteiger partial charge < -0.3 is 31.3 Å². The van der Waals surface area contributed by atoms with Crippen molar-refractivity contribution in [2.75, 3.05) is 18.9 Å². The molecule has 1 aromatic rings. The zero-order chi connectivity index (χ0) is 25.8. The minimum Gasteiger partial charge on any atom is -0.457 e. The quantitative estimate of drug-likeness (QED) is 0.464. The first kappa shape index (κ1) is 24.5. The molecule has 36 heavy (non-hydrogen) atoms. The van der Waals surface area contributed by atoms with E-state index in [-0.39, 0.29) is 24.8 Å². The second kappa shape index (κ2) is 9.02. The first-order chi connectivity index (χ1) is 17.1. The van der Waals surface area contributed by atoms with Gasteiger partial charge in [0, 0.05) is 19.7 Å². The van der Waals surface area contributed by atoms with Crippen molar-refractivity contribution in [2.45, 2.75) is 75.6 Å². The van der Waals surface area contributed by atoms with Crippen molar-refractivity contribution in [1.29, 1.82) is 0 Å². The monoisotopic (exact) mass is 498 g/mol. The Labute approximate surface area is 209 Å². The van der Waals surface area contributed by atoms with Crippen molar-refractivity contribution in [3.8, 4) is 5.88 Å². The molecule has 0 radical (unpaired) electrons. The van der Waals surface area contributed by atoms with Crippen LogP contribution in [0, 0.1) is 18.8 Å². The lowest BCUT2D eigenvalue weighted by atomic mass is 9.97. The van der Waals surface area contributed by atoms with Crippen LogP contribution in [-0.2, 0) is 19.2 Å². The number of rotatable bonds is 8. The van der Waals surface area contributed by atoms with Gasteiger partial charge in [-0.15, -0.1) is 0 Å². The number of hydrogen-bond acceptors (Lipinski definition) is 7. The Morgan fingerprint density at radius 1 is 1.25 bits per heavy atom. The summed E-state index contributed by atoms with van der Waals surface area (Å²) < 4.78 is 6.05. The van der Waals surface area contributed by atoms with Crippen molar-refractivity contribution in [3.63, 3.8) is 0 Å². The average molecular weight is 499 g/mol. The smallest absolute Gasteiger partial charge is 0.270 e. The van der Waals surface area contributed by atoms with Crippen molar-refractivity contribution < 1.29 is 23.9 Å². The minimum atomic E-state index is -1.50. The van der Waals surface area contributed by atoms with Crippen LogP contribution in [0.3, 0.4) is 0 Å². The molecule has 1 spiro atoms. The number of nitrogens with two attached hydrogens (primary N) is 2. The molecule has 2 aliphatic heterocycles. The van der Waals surface area contributed by atoms with Crippen molar-refractivity contribution >= 4 is 29.3 Å². The fourth-order valence-electron chi connectivity index (χ4n) is 5.31. The first-order valence-corrected chi connectivity index (χ1v) is 12.7. The highest BCUT2D eigenvalue weighted by Gasteiger charge is 2.58. The second-order valence-corrected chi connectivity index (χ2v) is 10.9.